The second-order valence-electron chi connectivity index (χ2n) is 38.8. The van der Waals surface area contributed by atoms with Gasteiger partial charge in [-0.2, -0.15) is 20.4 Å². The first-order valence-electron chi connectivity index (χ1n) is 49.7. The quantitative estimate of drug-likeness (QED) is 0.00977. The van der Waals surface area contributed by atoms with E-state index in [-0.39, 0.29) is 106 Å². The fourth-order valence-corrected chi connectivity index (χ4v) is 16.0. The summed E-state index contributed by atoms with van der Waals surface area (Å²) in [7, 11) is 0. The third-order valence-corrected chi connectivity index (χ3v) is 24.6. The Bertz CT molecular complexity index is 6300. The number of benzene rings is 4. The van der Waals surface area contributed by atoms with Crippen LogP contribution < -0.4 is 32.7 Å². The summed E-state index contributed by atoms with van der Waals surface area (Å²) in [5.74, 6) is 1.77. The Morgan fingerprint density at radius 2 is 0.680 bits per heavy atom. The van der Waals surface area contributed by atoms with Crippen LogP contribution in [0.4, 0.5) is 51.1 Å². The smallest absolute Gasteiger partial charge is 0.188 e. The summed E-state index contributed by atoms with van der Waals surface area (Å²) >= 11 is 18.8. The third-order valence-electron chi connectivity index (χ3n) is 21.8. The number of halogens is 6. The Kier molecular flexibility index (Phi) is 56.5. The van der Waals surface area contributed by atoms with Gasteiger partial charge in [-0.15, -0.1) is 22.7 Å². The van der Waals surface area contributed by atoms with Gasteiger partial charge in [-0.3, -0.25) is 9.59 Å². The van der Waals surface area contributed by atoms with Crippen molar-refractivity contribution in [1.29, 1.82) is 0 Å². The van der Waals surface area contributed by atoms with Crippen molar-refractivity contribution in [2.75, 3.05) is 84.4 Å². The number of aliphatic hydroxyl groups excluding tert-OH is 2. The monoisotopic (exact) mass is 2280 g/mol. The first-order chi connectivity index (χ1) is 69.7. The molecule has 0 unspecified atom stereocenters. The lowest BCUT2D eigenvalue weighted by molar-refractivity contribution is 0.101. The summed E-state index contributed by atoms with van der Waals surface area (Å²) in [4.78, 5) is 53.3. The lowest BCUT2D eigenvalue weighted by atomic mass is 9.92. The van der Waals surface area contributed by atoms with Crippen LogP contribution >= 0.6 is 79.0 Å². The van der Waals surface area contributed by atoms with E-state index < -0.39 is 11.6 Å². The molecule has 40 heteroatoms. The second kappa shape index (κ2) is 63.9. The highest BCUT2D eigenvalue weighted by Gasteiger charge is 2.27. The Morgan fingerprint density at radius 1 is 0.413 bits per heavy atom. The number of thiazole rings is 2. The molecular formula is C110H164Br2F4N26O4S4. The van der Waals surface area contributed by atoms with Gasteiger partial charge in [0.1, 0.15) is 46.5 Å². The Morgan fingerprint density at radius 3 is 0.940 bits per heavy atom. The van der Waals surface area contributed by atoms with Gasteiger partial charge in [0.25, 0.3) is 0 Å². The van der Waals surface area contributed by atoms with Crippen LogP contribution in [-0.4, -0.2) is 192 Å². The number of hydrogen-bond donors (Lipinski definition) is 8. The highest BCUT2D eigenvalue weighted by atomic mass is 79.9. The van der Waals surface area contributed by atoms with Crippen LogP contribution in [-0.2, 0) is 34.7 Å². The molecule has 14 aromatic rings. The summed E-state index contributed by atoms with van der Waals surface area (Å²) in [6.07, 6.45) is 15.4. The lowest BCUT2D eigenvalue weighted by Gasteiger charge is -2.14. The molecule has 0 spiro atoms. The van der Waals surface area contributed by atoms with Crippen LogP contribution in [0.2, 0.25) is 0 Å². The minimum atomic E-state index is -0.436. The molecule has 0 saturated carbocycles. The second-order valence-corrected chi connectivity index (χ2v) is 42.5. The SMILES string of the molecule is C.C.CC(C)n1nc(C(C)(C)C)cc1NC(N)=S.CCCn1nc(C(C)(C)C)cc1NC(N)=S.CCCn1nc(C(C)(C)C)cc1Nc1nc(-c2ccc(-n3cnc(C)c3)c(F)c2)cs1.CCN(CC)CC.CCN(CC)CC.CCO.CCO.Cc1cn(-c2ccc(-c3csc(Nc4cc(C(C)(C)C)nn4C(C)C)n3)cc2F)cn1.Cc1cn(-c2ccc(C(=O)CBr)cc2F)cn1.Cc1cn(-c2ccc(C(=O)CBr)cc2F)cn1. The maximum absolute atomic E-state index is 14.7. The first-order valence-corrected chi connectivity index (χ1v) is 54.5. The normalized spacial score (nSPS) is 11.0. The summed E-state index contributed by atoms with van der Waals surface area (Å²) in [6, 6.07) is 27.8. The van der Waals surface area contributed by atoms with E-state index in [0.717, 1.165) is 128 Å². The molecule has 4 aromatic carbocycles. The number of ketones is 2. The predicted molar refractivity (Wildman–Crippen MR) is 630 cm³/mol. The molecule has 30 nitrogen and oxygen atoms in total. The number of rotatable bonds is 28. The summed E-state index contributed by atoms with van der Waals surface area (Å²) < 4.78 is 71.5. The molecule has 0 aliphatic carbocycles. The zero-order valence-corrected chi connectivity index (χ0v) is 98.2. The molecule has 0 aliphatic heterocycles. The molecule has 10 aromatic heterocycles. The molecule has 0 aliphatic rings. The van der Waals surface area contributed by atoms with E-state index in [1.54, 1.807) is 119 Å². The van der Waals surface area contributed by atoms with E-state index in [0.29, 0.717) is 33.9 Å². The molecule has 0 radical (unpaired) electrons. The van der Waals surface area contributed by atoms with Gasteiger partial charge in [-0.1, -0.05) is 197 Å². The van der Waals surface area contributed by atoms with Crippen molar-refractivity contribution in [2.24, 2.45) is 11.5 Å². The highest BCUT2D eigenvalue weighted by Crippen LogP contribution is 2.36. The topological polar surface area (TPSA) is 350 Å². The highest BCUT2D eigenvalue weighted by molar-refractivity contribution is 9.09. The van der Waals surface area contributed by atoms with Crippen LogP contribution in [0.25, 0.3) is 45.3 Å². The summed E-state index contributed by atoms with van der Waals surface area (Å²) in [5, 5.41) is 52.8. The number of Topliss-reactive ketones (excluding diaryl/α,β-unsaturated/α-hetero) is 2. The van der Waals surface area contributed by atoms with Crippen molar-refractivity contribution >= 4 is 134 Å². The Balaban J connectivity index is 0.000000453. The van der Waals surface area contributed by atoms with E-state index in [1.165, 1.54) is 86.2 Å². The number of nitrogens with two attached hydrogens (primary N) is 2. The first kappa shape index (κ1) is 133. The number of nitrogens with one attached hydrogen (secondary N) is 4. The number of anilines is 6. The van der Waals surface area contributed by atoms with Crippen LogP contribution in [0.1, 0.15) is 286 Å². The molecule has 0 fully saturated rings. The predicted octanol–water partition coefficient (Wildman–Crippen LogP) is 26.8. The largest absolute Gasteiger partial charge is 0.397 e. The number of carbonyl (C=O) groups excluding carboxylic acids is 2. The molecule has 0 saturated heterocycles. The van der Waals surface area contributed by atoms with Gasteiger partial charge in [-0.25, -0.2) is 66.2 Å². The van der Waals surface area contributed by atoms with Gasteiger partial charge < -0.3 is 71.0 Å². The molecule has 10 N–H and O–H groups in total. The standard InChI is InChI=1S/2C23H27FN6S.2C12H10BrFN2O.2C11H20N4S.2C6H15N.2C2H6O.2CH4/c1-14(2)30-21(10-20(28-30)23(4,5)6)27-22-26-18(12-31-22)16-7-8-19(17(24)9-16)29-11-15(3)25-13-29;1-6-9-30-21(11-20(28-30)23(3,4)5)27-22-26-18(13-31-22)16-7-8-19(17(24)10-16)29-12-15(2)25-14-29;2*1-8-6-16(7-15-8)11-3-2-9(4-10(11)14)12(17)5-13;1-7(2)15-9(13-10(12)16)6-8(14-15)11(3,4)5;1-5-6-15-9(13-10(12)16)7-8(14-15)11(2,3)4;2*1-4-7(5-2)6-3;2*1-2-3;;/h7-14H,1-6H3,(H,26,27);7-8,10-14H,6,9H2,1-5H3,(H,26,27);2*2-4,6-7H,5H2,1H3;6-7H,1-5H3,(H3,12,13,16);7H,5-6H2,1-4H3,(H3,12,13,16);2*4-6H2,1-3H3;2*3H,2H2,1H3;2*1H4. The summed E-state index contributed by atoms with van der Waals surface area (Å²) in [5.41, 5.74) is 23.7. The number of hydrogen-bond acceptors (Lipinski definition) is 22. The molecule has 0 amide bonds. The van der Waals surface area contributed by atoms with E-state index in [2.05, 4.69) is 281 Å². The minimum absolute atomic E-state index is 0. The molecule has 10 heterocycles. The average molecular weight is 2280 g/mol. The fourth-order valence-electron chi connectivity index (χ4n) is 13.7. The van der Waals surface area contributed by atoms with Gasteiger partial charge in [0.05, 0.1) is 116 Å². The van der Waals surface area contributed by atoms with Crippen LogP contribution in [0.15, 0.2) is 158 Å². The number of aliphatic hydroxyl groups is 2. The van der Waals surface area contributed by atoms with Gasteiger partial charge in [-0.05, 0) is 206 Å². The van der Waals surface area contributed by atoms with Crippen molar-refractivity contribution in [2.45, 2.75) is 282 Å². The molecule has 150 heavy (non-hydrogen) atoms. The van der Waals surface area contributed by atoms with E-state index in [9.17, 15) is 27.2 Å². The van der Waals surface area contributed by atoms with Crippen LogP contribution in [0, 0.1) is 51.0 Å². The van der Waals surface area contributed by atoms with E-state index in [4.69, 9.17) is 56.3 Å². The molecule has 0 atom stereocenters. The van der Waals surface area contributed by atoms with Crippen LogP contribution in [0.5, 0.6) is 0 Å². The Labute approximate surface area is 923 Å². The number of thiocarbonyl (C=S) groups is 2. The lowest BCUT2D eigenvalue weighted by Crippen LogP contribution is -2.21. The Hall–Kier alpha value is -11.3. The number of aromatic nitrogens is 18. The van der Waals surface area contributed by atoms with E-state index in [1.807, 2.05) is 81.4 Å². The summed E-state index contributed by atoms with van der Waals surface area (Å²) in [6.45, 7) is 71.5. The van der Waals surface area contributed by atoms with Crippen LogP contribution in [0.3, 0.4) is 0 Å². The average Bonchev–Trinajstić information content (AvgIpc) is 1.65. The van der Waals surface area contributed by atoms with Crippen molar-refractivity contribution in [3.63, 3.8) is 0 Å². The third kappa shape index (κ3) is 42.0. The zero-order chi connectivity index (χ0) is 111. The molecule has 14 rings (SSSR count). The minimum Gasteiger partial charge on any atom is -0.397 e. The maximum atomic E-state index is 14.7. The van der Waals surface area contributed by atoms with Crippen molar-refractivity contribution in [3.8, 4) is 45.3 Å². The van der Waals surface area contributed by atoms with Crippen molar-refractivity contribution < 1.29 is 37.4 Å². The number of carbonyl (C=O) groups is 2. The zero-order valence-electron chi connectivity index (χ0n) is 91.8. The maximum Gasteiger partial charge on any atom is 0.188 e. The number of nitrogens with zero attached hydrogens (tertiary/aromatic N) is 20. The molecular weight excluding hydrogens is 2110 g/mol. The number of imidazole rings is 4. The van der Waals surface area contributed by atoms with Gasteiger partial charge in [0, 0.05) is 142 Å². The molecule has 824 valence electrons. The van der Waals surface area contributed by atoms with Gasteiger partial charge in [0.15, 0.2) is 32.1 Å². The molecule has 0 bridgehead atoms. The number of alkyl halides is 2. The van der Waals surface area contributed by atoms with Crippen molar-refractivity contribution in [1.82, 2.24) is 97.1 Å². The van der Waals surface area contributed by atoms with E-state index >= 15 is 0 Å². The fraction of sp³-hybridized carbons (Fsp3) is 0.473. The van der Waals surface area contributed by atoms with Gasteiger partial charge in [0.2, 0.25) is 0 Å². The number of aryl methyl sites for hydroxylation is 6. The van der Waals surface area contributed by atoms with Crippen molar-refractivity contribution in [3.05, 3.63) is 238 Å². The van der Waals surface area contributed by atoms with Gasteiger partial charge >= 0.3 is 0 Å².